The largest absolute Gasteiger partial charge is 0.347 e. The number of hydrogen-bond donors (Lipinski definition) is 0. The van der Waals surface area contributed by atoms with Crippen LogP contribution in [0.1, 0.15) is 11.5 Å². The summed E-state index contributed by atoms with van der Waals surface area (Å²) in [5, 5.41) is 3.45. The molecule has 3 heteroatoms. The van der Waals surface area contributed by atoms with Gasteiger partial charge in [0.25, 0.3) is 0 Å². The van der Waals surface area contributed by atoms with Gasteiger partial charge >= 0.3 is 5.97 Å². The Morgan fingerprint density at radius 1 is 1.25 bits per heavy atom. The highest BCUT2D eigenvalue weighted by Gasteiger charge is 2.24. The summed E-state index contributed by atoms with van der Waals surface area (Å²) in [6.45, 7) is 0. The van der Waals surface area contributed by atoms with Gasteiger partial charge in [0.15, 0.2) is 0 Å². The Labute approximate surface area is 69.6 Å². The minimum atomic E-state index is -0.314. The fraction of sp³-hybridized carbons (Fsp3) is 0.111. The van der Waals surface area contributed by atoms with E-state index in [0.29, 0.717) is 0 Å². The molecule has 1 aliphatic heterocycles. The first kappa shape index (κ1) is 7.03. The van der Waals surface area contributed by atoms with E-state index < -0.39 is 0 Å². The van der Waals surface area contributed by atoms with E-state index in [4.69, 9.17) is 0 Å². The molecule has 0 saturated heterocycles. The van der Waals surface area contributed by atoms with Crippen molar-refractivity contribution in [1.82, 2.24) is 0 Å². The van der Waals surface area contributed by atoms with Gasteiger partial charge in [-0.2, -0.15) is 0 Å². The molecule has 1 aliphatic rings. The summed E-state index contributed by atoms with van der Waals surface area (Å²) >= 11 is 0. The topological polar surface area (TPSA) is 38.7 Å². The summed E-state index contributed by atoms with van der Waals surface area (Å²) in [6.07, 6.45) is 1.51. The average molecular weight is 161 g/mol. The molecule has 0 saturated carbocycles. The Hall–Kier alpha value is -1.64. The summed E-state index contributed by atoms with van der Waals surface area (Å²) in [4.78, 5) is 15.5. The maximum absolute atomic E-state index is 11.0. The quantitative estimate of drug-likeness (QED) is 0.582. The van der Waals surface area contributed by atoms with E-state index >= 15 is 0 Å². The van der Waals surface area contributed by atoms with Crippen LogP contribution in [0.4, 0.5) is 0 Å². The molecular formula is C9H7NO2. The van der Waals surface area contributed by atoms with Gasteiger partial charge in [0.05, 0.1) is 6.21 Å². The van der Waals surface area contributed by atoms with Gasteiger partial charge in [-0.3, -0.25) is 0 Å². The lowest BCUT2D eigenvalue weighted by Crippen LogP contribution is -2.08. The van der Waals surface area contributed by atoms with Crippen LogP contribution in [0.2, 0.25) is 0 Å². The highest BCUT2D eigenvalue weighted by Crippen LogP contribution is 2.18. The van der Waals surface area contributed by atoms with Crippen LogP contribution in [0.25, 0.3) is 0 Å². The predicted molar refractivity (Wildman–Crippen MR) is 43.8 cm³/mol. The standard InChI is InChI=1S/C9H7NO2/c11-9-8(6-10-12-9)7-4-2-1-3-5-7/h1-6,8H. The molecule has 0 fully saturated rings. The van der Waals surface area contributed by atoms with Crippen molar-refractivity contribution in [3.63, 3.8) is 0 Å². The molecule has 1 aromatic rings. The highest BCUT2D eigenvalue weighted by atomic mass is 16.7. The van der Waals surface area contributed by atoms with Crippen LogP contribution in [0, 0.1) is 0 Å². The number of rotatable bonds is 1. The SMILES string of the molecule is O=C1ON=CC1c1ccccc1. The fourth-order valence-electron chi connectivity index (χ4n) is 1.14. The number of benzene rings is 1. The molecular weight excluding hydrogens is 154 g/mol. The molecule has 12 heavy (non-hydrogen) atoms. The van der Waals surface area contributed by atoms with Gasteiger partial charge in [-0.05, 0) is 5.56 Å². The van der Waals surface area contributed by atoms with Gasteiger partial charge in [-0.15, -0.1) is 0 Å². The number of hydrogen-bond acceptors (Lipinski definition) is 3. The first-order valence-corrected chi connectivity index (χ1v) is 3.67. The van der Waals surface area contributed by atoms with Crippen molar-refractivity contribution in [2.24, 2.45) is 5.16 Å². The van der Waals surface area contributed by atoms with E-state index in [-0.39, 0.29) is 11.9 Å². The van der Waals surface area contributed by atoms with Crippen LogP contribution in [0.15, 0.2) is 35.5 Å². The van der Waals surface area contributed by atoms with E-state index in [2.05, 4.69) is 9.99 Å². The number of oxime groups is 1. The number of nitrogens with zero attached hydrogens (tertiary/aromatic N) is 1. The van der Waals surface area contributed by atoms with Crippen molar-refractivity contribution < 1.29 is 9.63 Å². The van der Waals surface area contributed by atoms with Crippen LogP contribution >= 0.6 is 0 Å². The molecule has 1 unspecified atom stereocenters. The lowest BCUT2D eigenvalue weighted by molar-refractivity contribution is -0.141. The minimum absolute atomic E-state index is 0.304. The Bertz CT molecular complexity index is 319. The van der Waals surface area contributed by atoms with E-state index in [1.165, 1.54) is 6.21 Å². The Balaban J connectivity index is 2.31. The Morgan fingerprint density at radius 2 is 2.00 bits per heavy atom. The molecule has 1 atom stereocenters. The lowest BCUT2D eigenvalue weighted by Gasteiger charge is -2.00. The zero-order valence-corrected chi connectivity index (χ0v) is 6.31. The third-order valence-electron chi connectivity index (χ3n) is 1.77. The van der Waals surface area contributed by atoms with Crippen molar-refractivity contribution in [1.29, 1.82) is 0 Å². The Kier molecular flexibility index (Phi) is 1.63. The van der Waals surface area contributed by atoms with Crippen molar-refractivity contribution >= 4 is 12.2 Å². The minimum Gasteiger partial charge on any atom is -0.317 e. The summed E-state index contributed by atoms with van der Waals surface area (Å²) < 4.78 is 0. The van der Waals surface area contributed by atoms with E-state index in [1.54, 1.807) is 0 Å². The summed E-state index contributed by atoms with van der Waals surface area (Å²) in [5.74, 6) is -0.618. The molecule has 2 rings (SSSR count). The first-order chi connectivity index (χ1) is 5.88. The van der Waals surface area contributed by atoms with E-state index in [0.717, 1.165) is 5.56 Å². The predicted octanol–water partition coefficient (Wildman–Crippen LogP) is 1.31. The average Bonchev–Trinajstić information content (AvgIpc) is 2.53. The summed E-state index contributed by atoms with van der Waals surface area (Å²) in [5.41, 5.74) is 0.920. The van der Waals surface area contributed by atoms with E-state index in [9.17, 15) is 4.79 Å². The number of carbonyl (C=O) groups excluding carboxylic acids is 1. The van der Waals surface area contributed by atoms with Gasteiger partial charge in [0.2, 0.25) is 0 Å². The van der Waals surface area contributed by atoms with Crippen LogP contribution in [0.3, 0.4) is 0 Å². The third-order valence-corrected chi connectivity index (χ3v) is 1.77. The third kappa shape index (κ3) is 1.09. The first-order valence-electron chi connectivity index (χ1n) is 3.67. The maximum Gasteiger partial charge on any atom is 0.347 e. The maximum atomic E-state index is 11.0. The van der Waals surface area contributed by atoms with Crippen LogP contribution in [-0.4, -0.2) is 12.2 Å². The van der Waals surface area contributed by atoms with E-state index in [1.807, 2.05) is 30.3 Å². The zero-order chi connectivity index (χ0) is 8.39. The molecule has 0 amide bonds. The normalized spacial score (nSPS) is 21.0. The molecule has 0 N–H and O–H groups in total. The van der Waals surface area contributed by atoms with Crippen LogP contribution < -0.4 is 0 Å². The molecule has 1 aromatic carbocycles. The molecule has 60 valence electrons. The van der Waals surface area contributed by atoms with Gasteiger partial charge < -0.3 is 4.84 Å². The smallest absolute Gasteiger partial charge is 0.317 e. The monoisotopic (exact) mass is 161 g/mol. The van der Waals surface area contributed by atoms with Crippen molar-refractivity contribution in [2.45, 2.75) is 5.92 Å². The van der Waals surface area contributed by atoms with Gasteiger partial charge in [-0.25, -0.2) is 4.79 Å². The molecule has 1 heterocycles. The molecule has 0 aliphatic carbocycles. The van der Waals surface area contributed by atoms with Crippen LogP contribution in [0.5, 0.6) is 0 Å². The molecule has 0 spiro atoms. The van der Waals surface area contributed by atoms with Gasteiger partial charge in [0, 0.05) is 0 Å². The number of carbonyl (C=O) groups is 1. The van der Waals surface area contributed by atoms with Crippen molar-refractivity contribution in [3.05, 3.63) is 35.9 Å². The molecule has 0 bridgehead atoms. The zero-order valence-electron chi connectivity index (χ0n) is 6.31. The van der Waals surface area contributed by atoms with Crippen molar-refractivity contribution in [2.75, 3.05) is 0 Å². The summed E-state index contributed by atoms with van der Waals surface area (Å²) in [6, 6.07) is 9.43. The second-order valence-electron chi connectivity index (χ2n) is 2.55. The second kappa shape index (κ2) is 2.77. The molecule has 0 radical (unpaired) electrons. The molecule has 0 aromatic heterocycles. The molecule has 3 nitrogen and oxygen atoms in total. The van der Waals surface area contributed by atoms with Crippen LogP contribution in [-0.2, 0) is 9.63 Å². The van der Waals surface area contributed by atoms with Crippen molar-refractivity contribution in [3.8, 4) is 0 Å². The summed E-state index contributed by atoms with van der Waals surface area (Å²) in [7, 11) is 0. The van der Waals surface area contributed by atoms with Gasteiger partial charge in [-0.1, -0.05) is 35.5 Å². The lowest BCUT2D eigenvalue weighted by atomic mass is 10.0. The Morgan fingerprint density at radius 3 is 2.58 bits per heavy atom. The fourth-order valence-corrected chi connectivity index (χ4v) is 1.14. The second-order valence-corrected chi connectivity index (χ2v) is 2.55. The highest BCUT2D eigenvalue weighted by molar-refractivity contribution is 5.98. The van der Waals surface area contributed by atoms with Gasteiger partial charge in [0.1, 0.15) is 5.92 Å².